The minimum atomic E-state index is -0.415. The van der Waals surface area contributed by atoms with Crippen molar-refractivity contribution in [2.24, 2.45) is 5.92 Å². The monoisotopic (exact) mass is 306 g/mol. The molecule has 0 aliphatic heterocycles. The van der Waals surface area contributed by atoms with Gasteiger partial charge in [0.25, 0.3) is 0 Å². The van der Waals surface area contributed by atoms with Crippen molar-refractivity contribution in [3.8, 4) is 0 Å². The van der Waals surface area contributed by atoms with Gasteiger partial charge in [0, 0.05) is 19.3 Å². The molecule has 0 spiro atoms. The quantitative estimate of drug-likeness (QED) is 0.814. The van der Waals surface area contributed by atoms with Crippen molar-refractivity contribution < 1.29 is 14.6 Å². The standard InChI is InChI=1S/C17H26N2O3/c1-12(2)22-11-13-5-4-6-15(9-13)18-17(21)19(3)10-16(20)14-7-8-14/h4-6,9,12,14,16,20H,7-8,10-11H2,1-3H3,(H,18,21). The molecule has 2 N–H and O–H groups in total. The molecular formula is C17H26N2O3. The lowest BCUT2D eigenvalue weighted by atomic mass is 10.2. The van der Waals surface area contributed by atoms with Gasteiger partial charge in [0.05, 0.1) is 18.8 Å². The molecule has 5 heteroatoms. The SMILES string of the molecule is CC(C)OCc1cccc(NC(=O)N(C)CC(O)C2CC2)c1. The molecule has 5 nitrogen and oxygen atoms in total. The third-order valence-corrected chi connectivity index (χ3v) is 3.74. The predicted octanol–water partition coefficient (Wildman–Crippen LogP) is 2.85. The molecule has 1 aliphatic carbocycles. The second-order valence-electron chi connectivity index (χ2n) is 6.28. The number of anilines is 1. The van der Waals surface area contributed by atoms with Crippen LogP contribution in [-0.2, 0) is 11.3 Å². The van der Waals surface area contributed by atoms with Crippen molar-refractivity contribution in [1.29, 1.82) is 0 Å². The van der Waals surface area contributed by atoms with Crippen LogP contribution in [0.15, 0.2) is 24.3 Å². The molecule has 1 unspecified atom stereocenters. The molecule has 1 atom stereocenters. The summed E-state index contributed by atoms with van der Waals surface area (Å²) in [6, 6.07) is 7.42. The van der Waals surface area contributed by atoms with Crippen molar-refractivity contribution in [2.45, 2.75) is 45.5 Å². The number of carbonyl (C=O) groups excluding carboxylic acids is 1. The van der Waals surface area contributed by atoms with E-state index in [1.54, 1.807) is 7.05 Å². The first-order valence-corrected chi connectivity index (χ1v) is 7.86. The Morgan fingerprint density at radius 3 is 2.82 bits per heavy atom. The number of aliphatic hydroxyl groups is 1. The number of benzene rings is 1. The molecule has 122 valence electrons. The third-order valence-electron chi connectivity index (χ3n) is 3.74. The van der Waals surface area contributed by atoms with Gasteiger partial charge in [-0.2, -0.15) is 0 Å². The number of rotatable bonds is 7. The van der Waals surface area contributed by atoms with Crippen LogP contribution in [0.4, 0.5) is 10.5 Å². The zero-order chi connectivity index (χ0) is 16.1. The number of carbonyl (C=O) groups is 1. The number of hydrogen-bond acceptors (Lipinski definition) is 3. The summed E-state index contributed by atoms with van der Waals surface area (Å²) < 4.78 is 5.57. The van der Waals surface area contributed by atoms with Gasteiger partial charge in [-0.15, -0.1) is 0 Å². The van der Waals surface area contributed by atoms with Crippen LogP contribution in [0.2, 0.25) is 0 Å². The van der Waals surface area contributed by atoms with E-state index in [0.717, 1.165) is 24.1 Å². The Hall–Kier alpha value is -1.59. The fraction of sp³-hybridized carbons (Fsp3) is 0.588. The van der Waals surface area contributed by atoms with E-state index in [9.17, 15) is 9.90 Å². The molecule has 0 radical (unpaired) electrons. The molecule has 0 saturated heterocycles. The number of likely N-dealkylation sites (N-methyl/N-ethyl adjacent to an activating group) is 1. The number of amides is 2. The first-order chi connectivity index (χ1) is 10.5. The van der Waals surface area contributed by atoms with Crippen LogP contribution in [0.1, 0.15) is 32.3 Å². The smallest absolute Gasteiger partial charge is 0.321 e. The van der Waals surface area contributed by atoms with Gasteiger partial charge < -0.3 is 20.1 Å². The Balaban J connectivity index is 1.85. The summed E-state index contributed by atoms with van der Waals surface area (Å²) in [5.74, 6) is 0.367. The fourth-order valence-corrected chi connectivity index (χ4v) is 2.21. The van der Waals surface area contributed by atoms with Crippen molar-refractivity contribution in [2.75, 3.05) is 18.9 Å². The van der Waals surface area contributed by atoms with Gasteiger partial charge in [-0.05, 0) is 50.3 Å². The lowest BCUT2D eigenvalue weighted by Gasteiger charge is -2.21. The maximum atomic E-state index is 12.1. The Kier molecular flexibility index (Phi) is 5.80. The highest BCUT2D eigenvalue weighted by atomic mass is 16.5. The van der Waals surface area contributed by atoms with Crippen LogP contribution in [0, 0.1) is 5.92 Å². The lowest BCUT2D eigenvalue weighted by molar-refractivity contribution is 0.0657. The van der Waals surface area contributed by atoms with Gasteiger partial charge in [0.2, 0.25) is 0 Å². The zero-order valence-corrected chi connectivity index (χ0v) is 13.6. The van der Waals surface area contributed by atoms with Crippen molar-refractivity contribution >= 4 is 11.7 Å². The average molecular weight is 306 g/mol. The topological polar surface area (TPSA) is 61.8 Å². The minimum Gasteiger partial charge on any atom is -0.391 e. The third kappa shape index (κ3) is 5.31. The lowest BCUT2D eigenvalue weighted by Crippen LogP contribution is -2.38. The minimum absolute atomic E-state index is 0.174. The van der Waals surface area contributed by atoms with Crippen LogP contribution >= 0.6 is 0 Å². The van der Waals surface area contributed by atoms with Crippen LogP contribution in [-0.4, -0.2) is 41.8 Å². The Morgan fingerprint density at radius 2 is 2.18 bits per heavy atom. The second kappa shape index (κ2) is 7.61. The van der Waals surface area contributed by atoms with E-state index in [1.807, 2.05) is 38.1 Å². The Bertz CT molecular complexity index is 500. The summed E-state index contributed by atoms with van der Waals surface area (Å²) in [6.45, 7) is 4.88. The first-order valence-electron chi connectivity index (χ1n) is 7.86. The number of aliphatic hydroxyl groups excluding tert-OH is 1. The molecule has 0 bridgehead atoms. The van der Waals surface area contributed by atoms with Crippen LogP contribution in [0.3, 0.4) is 0 Å². The molecule has 22 heavy (non-hydrogen) atoms. The summed E-state index contributed by atoms with van der Waals surface area (Å²) in [4.78, 5) is 13.7. The largest absolute Gasteiger partial charge is 0.391 e. The molecule has 1 saturated carbocycles. The van der Waals surface area contributed by atoms with Gasteiger partial charge in [0.1, 0.15) is 0 Å². The van der Waals surface area contributed by atoms with Crippen LogP contribution in [0.5, 0.6) is 0 Å². The average Bonchev–Trinajstić information content (AvgIpc) is 3.30. The molecule has 1 aromatic carbocycles. The number of hydrogen-bond donors (Lipinski definition) is 2. The van der Waals surface area contributed by atoms with Gasteiger partial charge in [-0.25, -0.2) is 4.79 Å². The second-order valence-corrected chi connectivity index (χ2v) is 6.28. The predicted molar refractivity (Wildman–Crippen MR) is 86.7 cm³/mol. The van der Waals surface area contributed by atoms with Gasteiger partial charge in [-0.3, -0.25) is 0 Å². The van der Waals surface area contributed by atoms with E-state index < -0.39 is 6.10 Å². The Morgan fingerprint density at radius 1 is 1.45 bits per heavy atom. The van der Waals surface area contributed by atoms with Gasteiger partial charge in [-0.1, -0.05) is 12.1 Å². The summed E-state index contributed by atoms with van der Waals surface area (Å²) in [6.07, 6.45) is 1.89. The number of urea groups is 1. The molecule has 2 amide bonds. The highest BCUT2D eigenvalue weighted by molar-refractivity contribution is 5.89. The van der Waals surface area contributed by atoms with Crippen molar-refractivity contribution in [3.05, 3.63) is 29.8 Å². The highest BCUT2D eigenvalue weighted by Crippen LogP contribution is 2.32. The van der Waals surface area contributed by atoms with E-state index in [1.165, 1.54) is 4.90 Å². The summed E-state index contributed by atoms with van der Waals surface area (Å²) in [5, 5.41) is 12.8. The molecule has 2 rings (SSSR count). The number of ether oxygens (including phenoxy) is 1. The maximum Gasteiger partial charge on any atom is 0.321 e. The maximum absolute atomic E-state index is 12.1. The normalized spacial score (nSPS) is 15.7. The fourth-order valence-electron chi connectivity index (χ4n) is 2.21. The van der Waals surface area contributed by atoms with Crippen molar-refractivity contribution in [1.82, 2.24) is 4.90 Å². The Labute approximate surface area is 132 Å². The van der Waals surface area contributed by atoms with E-state index in [4.69, 9.17) is 4.74 Å². The summed E-state index contributed by atoms with van der Waals surface area (Å²) in [7, 11) is 1.70. The molecule has 1 aliphatic rings. The highest BCUT2D eigenvalue weighted by Gasteiger charge is 2.31. The molecule has 1 fully saturated rings. The van der Waals surface area contributed by atoms with Crippen molar-refractivity contribution in [3.63, 3.8) is 0 Å². The zero-order valence-electron chi connectivity index (χ0n) is 13.6. The van der Waals surface area contributed by atoms with E-state index in [0.29, 0.717) is 19.1 Å². The van der Waals surface area contributed by atoms with Gasteiger partial charge in [0.15, 0.2) is 0 Å². The molecular weight excluding hydrogens is 280 g/mol. The summed E-state index contributed by atoms with van der Waals surface area (Å²) >= 11 is 0. The molecule has 1 aromatic rings. The molecule has 0 heterocycles. The van der Waals surface area contributed by atoms with Gasteiger partial charge >= 0.3 is 6.03 Å². The first kappa shape index (κ1) is 16.8. The van der Waals surface area contributed by atoms with Crippen LogP contribution in [0.25, 0.3) is 0 Å². The van der Waals surface area contributed by atoms with E-state index in [-0.39, 0.29) is 12.1 Å². The number of nitrogens with one attached hydrogen (secondary N) is 1. The summed E-state index contributed by atoms with van der Waals surface area (Å²) in [5.41, 5.74) is 1.76. The number of nitrogens with zero attached hydrogens (tertiary/aromatic N) is 1. The van der Waals surface area contributed by atoms with Crippen LogP contribution < -0.4 is 5.32 Å². The molecule has 0 aromatic heterocycles. The van der Waals surface area contributed by atoms with E-state index in [2.05, 4.69) is 5.32 Å². The van der Waals surface area contributed by atoms with E-state index >= 15 is 0 Å².